The van der Waals surface area contributed by atoms with Crippen molar-refractivity contribution in [1.29, 1.82) is 0 Å². The standard InChI is InChI=1S/C26H33NO6/c1-8-30-25(29)27(7)20-9-11-21(12-10-20)31-15-26(6)14-13-22-18(4)23(32-19(5)28)16(2)17(3)24(22)33-26/h9-12H,8,13-15H2,1-7H3. The van der Waals surface area contributed by atoms with E-state index >= 15 is 0 Å². The fraction of sp³-hybridized carbons (Fsp3) is 0.462. The Kier molecular flexibility index (Phi) is 7.20. The third-order valence-electron chi connectivity index (χ3n) is 6.12. The Labute approximate surface area is 195 Å². The van der Waals surface area contributed by atoms with Gasteiger partial charge in [0.1, 0.15) is 29.5 Å². The summed E-state index contributed by atoms with van der Waals surface area (Å²) in [6, 6.07) is 7.30. The normalized spacial score (nSPS) is 16.9. The van der Waals surface area contributed by atoms with Crippen LogP contribution in [0, 0.1) is 20.8 Å². The van der Waals surface area contributed by atoms with Crippen LogP contribution < -0.4 is 19.1 Å². The Hall–Kier alpha value is -3.22. The Morgan fingerprint density at radius 1 is 1.09 bits per heavy atom. The van der Waals surface area contributed by atoms with Crippen molar-refractivity contribution in [2.24, 2.45) is 0 Å². The fourth-order valence-electron chi connectivity index (χ4n) is 4.01. The van der Waals surface area contributed by atoms with E-state index in [4.69, 9.17) is 18.9 Å². The zero-order chi connectivity index (χ0) is 24.3. The topological polar surface area (TPSA) is 74.3 Å². The van der Waals surface area contributed by atoms with E-state index in [1.807, 2.05) is 52.0 Å². The molecule has 1 heterocycles. The molecule has 0 saturated carbocycles. The van der Waals surface area contributed by atoms with Gasteiger partial charge in [-0.1, -0.05) is 0 Å². The number of nitrogens with zero attached hydrogens (tertiary/aromatic N) is 1. The third-order valence-corrected chi connectivity index (χ3v) is 6.12. The van der Waals surface area contributed by atoms with Crippen LogP contribution in [0.25, 0.3) is 0 Å². The summed E-state index contributed by atoms with van der Waals surface area (Å²) in [5, 5.41) is 0. The number of benzene rings is 2. The van der Waals surface area contributed by atoms with Crippen molar-refractivity contribution in [3.63, 3.8) is 0 Å². The van der Waals surface area contributed by atoms with Crippen molar-refractivity contribution < 1.29 is 28.5 Å². The minimum absolute atomic E-state index is 0.324. The van der Waals surface area contributed by atoms with Crippen LogP contribution in [0.5, 0.6) is 17.2 Å². The van der Waals surface area contributed by atoms with E-state index in [2.05, 4.69) is 0 Å². The highest BCUT2D eigenvalue weighted by molar-refractivity contribution is 5.87. The summed E-state index contributed by atoms with van der Waals surface area (Å²) in [6.45, 7) is 11.9. The molecule has 0 saturated heterocycles. The summed E-state index contributed by atoms with van der Waals surface area (Å²) < 4.78 is 23.0. The molecule has 1 aliphatic rings. The molecule has 3 rings (SSSR count). The van der Waals surface area contributed by atoms with Crippen LogP contribution >= 0.6 is 0 Å². The lowest BCUT2D eigenvalue weighted by Crippen LogP contribution is -2.42. The molecular formula is C26H33NO6. The Morgan fingerprint density at radius 3 is 2.36 bits per heavy atom. The van der Waals surface area contributed by atoms with Gasteiger partial charge in [0, 0.05) is 25.2 Å². The van der Waals surface area contributed by atoms with Crippen molar-refractivity contribution in [1.82, 2.24) is 0 Å². The summed E-state index contributed by atoms with van der Waals surface area (Å²) in [6.07, 6.45) is 1.18. The molecule has 1 amide bonds. The average molecular weight is 456 g/mol. The molecule has 178 valence electrons. The smallest absolute Gasteiger partial charge is 0.413 e. The first-order chi connectivity index (χ1) is 15.6. The Bertz CT molecular complexity index is 1050. The summed E-state index contributed by atoms with van der Waals surface area (Å²) >= 11 is 0. The van der Waals surface area contributed by atoms with Crippen LogP contribution in [0.2, 0.25) is 0 Å². The Morgan fingerprint density at radius 2 is 1.76 bits per heavy atom. The SMILES string of the molecule is CCOC(=O)N(C)c1ccc(OCC2(C)CCc3c(C)c(OC(C)=O)c(C)c(C)c3O2)cc1. The van der Waals surface area contributed by atoms with Crippen LogP contribution in [0.15, 0.2) is 24.3 Å². The van der Waals surface area contributed by atoms with Gasteiger partial charge >= 0.3 is 12.1 Å². The number of carbonyl (C=O) groups excluding carboxylic acids is 2. The quantitative estimate of drug-likeness (QED) is 0.435. The predicted molar refractivity (Wildman–Crippen MR) is 127 cm³/mol. The van der Waals surface area contributed by atoms with E-state index in [0.29, 0.717) is 24.7 Å². The predicted octanol–water partition coefficient (Wildman–Crippen LogP) is 5.29. The van der Waals surface area contributed by atoms with E-state index in [9.17, 15) is 9.59 Å². The van der Waals surface area contributed by atoms with Gasteiger partial charge in [0.15, 0.2) is 0 Å². The maximum Gasteiger partial charge on any atom is 0.413 e. The second-order valence-corrected chi connectivity index (χ2v) is 8.70. The van der Waals surface area contributed by atoms with E-state index in [1.54, 1.807) is 14.0 Å². The number of hydrogen-bond donors (Lipinski definition) is 0. The number of amides is 1. The minimum atomic E-state index is -0.500. The average Bonchev–Trinajstić information content (AvgIpc) is 2.79. The van der Waals surface area contributed by atoms with E-state index in [-0.39, 0.29) is 5.97 Å². The molecule has 1 aliphatic heterocycles. The number of rotatable bonds is 6. The minimum Gasteiger partial charge on any atom is -0.489 e. The van der Waals surface area contributed by atoms with Gasteiger partial charge in [-0.25, -0.2) is 4.79 Å². The van der Waals surface area contributed by atoms with Gasteiger partial charge in [-0.3, -0.25) is 9.69 Å². The van der Waals surface area contributed by atoms with Crippen molar-refractivity contribution in [3.8, 4) is 17.2 Å². The first-order valence-corrected chi connectivity index (χ1v) is 11.2. The molecule has 0 radical (unpaired) electrons. The van der Waals surface area contributed by atoms with E-state index < -0.39 is 11.7 Å². The lowest BCUT2D eigenvalue weighted by molar-refractivity contribution is -0.132. The first kappa shape index (κ1) is 24.4. The second kappa shape index (κ2) is 9.73. The molecule has 7 nitrogen and oxygen atoms in total. The monoisotopic (exact) mass is 455 g/mol. The van der Waals surface area contributed by atoms with Crippen molar-refractivity contribution in [2.45, 2.75) is 60.0 Å². The molecule has 7 heteroatoms. The zero-order valence-electron chi connectivity index (χ0n) is 20.5. The van der Waals surface area contributed by atoms with Gasteiger partial charge in [-0.2, -0.15) is 0 Å². The molecule has 1 unspecified atom stereocenters. The highest BCUT2D eigenvalue weighted by atomic mass is 16.6. The van der Waals surface area contributed by atoms with Gasteiger partial charge in [0.05, 0.1) is 6.61 Å². The highest BCUT2D eigenvalue weighted by Crippen LogP contribution is 2.44. The van der Waals surface area contributed by atoms with Crippen LogP contribution in [0.3, 0.4) is 0 Å². The first-order valence-electron chi connectivity index (χ1n) is 11.2. The van der Waals surface area contributed by atoms with Crippen molar-refractivity contribution in [2.75, 3.05) is 25.2 Å². The van der Waals surface area contributed by atoms with Gasteiger partial charge < -0.3 is 18.9 Å². The molecule has 1 atom stereocenters. The van der Waals surface area contributed by atoms with E-state index in [0.717, 1.165) is 46.5 Å². The summed E-state index contributed by atoms with van der Waals surface area (Å²) in [5.41, 5.74) is 4.14. The molecule has 0 aliphatic carbocycles. The van der Waals surface area contributed by atoms with Gasteiger partial charge in [0.25, 0.3) is 0 Å². The Balaban J connectivity index is 1.72. The van der Waals surface area contributed by atoms with Crippen molar-refractivity contribution >= 4 is 17.7 Å². The molecule has 2 aromatic carbocycles. The number of fused-ring (bicyclic) bond motifs is 1. The van der Waals surface area contributed by atoms with Gasteiger partial charge in [-0.05, 0) is 88.4 Å². The van der Waals surface area contributed by atoms with Crippen LogP contribution in [-0.2, 0) is 16.0 Å². The third kappa shape index (κ3) is 5.24. The number of anilines is 1. The number of carbonyl (C=O) groups is 2. The lowest BCUT2D eigenvalue weighted by Gasteiger charge is -2.37. The van der Waals surface area contributed by atoms with Crippen LogP contribution in [-0.4, -0.2) is 37.9 Å². The van der Waals surface area contributed by atoms with Crippen LogP contribution in [0.1, 0.15) is 49.4 Å². The maximum atomic E-state index is 11.9. The van der Waals surface area contributed by atoms with Gasteiger partial charge in [-0.15, -0.1) is 0 Å². The molecule has 33 heavy (non-hydrogen) atoms. The second-order valence-electron chi connectivity index (χ2n) is 8.70. The molecular weight excluding hydrogens is 422 g/mol. The largest absolute Gasteiger partial charge is 0.489 e. The molecule has 0 N–H and O–H groups in total. The zero-order valence-corrected chi connectivity index (χ0v) is 20.5. The van der Waals surface area contributed by atoms with Gasteiger partial charge in [0.2, 0.25) is 0 Å². The number of hydrogen-bond acceptors (Lipinski definition) is 6. The maximum absolute atomic E-state index is 11.9. The molecule has 0 fully saturated rings. The highest BCUT2D eigenvalue weighted by Gasteiger charge is 2.35. The van der Waals surface area contributed by atoms with Crippen molar-refractivity contribution in [3.05, 3.63) is 46.5 Å². The molecule has 0 aromatic heterocycles. The van der Waals surface area contributed by atoms with Crippen LogP contribution in [0.4, 0.5) is 10.5 Å². The number of esters is 1. The fourth-order valence-corrected chi connectivity index (χ4v) is 4.01. The number of ether oxygens (including phenoxy) is 4. The molecule has 0 spiro atoms. The molecule has 0 bridgehead atoms. The summed E-state index contributed by atoms with van der Waals surface area (Å²) in [7, 11) is 1.67. The summed E-state index contributed by atoms with van der Waals surface area (Å²) in [5.74, 6) is 1.86. The lowest BCUT2D eigenvalue weighted by atomic mass is 9.87. The summed E-state index contributed by atoms with van der Waals surface area (Å²) in [4.78, 5) is 24.9. The van der Waals surface area contributed by atoms with E-state index in [1.165, 1.54) is 11.8 Å². The molecule has 2 aromatic rings.